The lowest BCUT2D eigenvalue weighted by Gasteiger charge is -2.10. The van der Waals surface area contributed by atoms with Crippen molar-refractivity contribution in [3.63, 3.8) is 0 Å². The fraction of sp³-hybridized carbons (Fsp3) is 0.250. The largest absolute Gasteiger partial charge is 0.493 e. The van der Waals surface area contributed by atoms with Crippen LogP contribution in [0.5, 0.6) is 11.5 Å². The van der Waals surface area contributed by atoms with E-state index in [4.69, 9.17) is 14.0 Å². The number of nitrogens with zero attached hydrogens (tertiary/aromatic N) is 6. The number of aromatic nitrogens is 6. The number of ether oxygens (including phenoxy) is 2. The quantitative estimate of drug-likeness (QED) is 0.494. The first-order valence-corrected chi connectivity index (χ1v) is 9.24. The highest BCUT2D eigenvalue weighted by Crippen LogP contribution is 2.31. The summed E-state index contributed by atoms with van der Waals surface area (Å²) in [5, 5.41) is 19.0. The van der Waals surface area contributed by atoms with Gasteiger partial charge in [0.15, 0.2) is 17.3 Å². The van der Waals surface area contributed by atoms with Crippen LogP contribution >= 0.6 is 0 Å². The molecule has 2 aromatic carbocycles. The van der Waals surface area contributed by atoms with Crippen molar-refractivity contribution < 1.29 is 14.0 Å². The Labute approximate surface area is 172 Å². The summed E-state index contributed by atoms with van der Waals surface area (Å²) in [6, 6.07) is 11.4. The number of tetrazole rings is 1. The van der Waals surface area contributed by atoms with Gasteiger partial charge in [-0.2, -0.15) is 9.67 Å². The Hall–Kier alpha value is -3.95. The molecule has 0 saturated heterocycles. The van der Waals surface area contributed by atoms with E-state index in [1.54, 1.807) is 25.0 Å². The maximum Gasteiger partial charge on any atom is 0.246 e. The zero-order valence-electron chi connectivity index (χ0n) is 17.1. The average Bonchev–Trinajstić information content (AvgIpc) is 3.41. The van der Waals surface area contributed by atoms with Gasteiger partial charge in [0, 0.05) is 11.3 Å². The van der Waals surface area contributed by atoms with Crippen LogP contribution in [-0.4, -0.2) is 44.6 Å². The Bertz CT molecular complexity index is 1170. The van der Waals surface area contributed by atoms with Gasteiger partial charge in [0.2, 0.25) is 11.7 Å². The van der Waals surface area contributed by atoms with Crippen LogP contribution in [0.15, 0.2) is 40.9 Å². The van der Waals surface area contributed by atoms with E-state index in [-0.39, 0.29) is 0 Å². The molecule has 4 aromatic rings. The molecule has 0 aliphatic rings. The van der Waals surface area contributed by atoms with Crippen LogP contribution in [0.25, 0.3) is 17.1 Å². The topological polar surface area (TPSA) is 113 Å². The van der Waals surface area contributed by atoms with Crippen LogP contribution in [0.2, 0.25) is 0 Å². The molecule has 0 fully saturated rings. The summed E-state index contributed by atoms with van der Waals surface area (Å²) in [5.74, 6) is 2.89. The maximum atomic E-state index is 5.38. The molecule has 0 unspecified atom stereocenters. The van der Waals surface area contributed by atoms with E-state index in [1.165, 1.54) is 0 Å². The van der Waals surface area contributed by atoms with Crippen LogP contribution in [0.1, 0.15) is 17.3 Å². The molecule has 2 heterocycles. The van der Waals surface area contributed by atoms with Crippen LogP contribution in [-0.2, 0) is 6.54 Å². The molecule has 154 valence electrons. The Morgan fingerprint density at radius 2 is 1.87 bits per heavy atom. The molecule has 0 atom stereocenters. The Balaban J connectivity index is 1.50. The molecule has 0 amide bonds. The number of anilines is 1. The lowest BCUT2D eigenvalue weighted by molar-refractivity contribution is 0.355. The van der Waals surface area contributed by atoms with E-state index in [0.29, 0.717) is 35.6 Å². The number of benzene rings is 2. The highest BCUT2D eigenvalue weighted by atomic mass is 16.5. The molecule has 0 spiro atoms. The number of hydrogen-bond acceptors (Lipinski definition) is 9. The Morgan fingerprint density at radius 1 is 1.03 bits per heavy atom. The average molecular weight is 407 g/mol. The lowest BCUT2D eigenvalue weighted by Crippen LogP contribution is -2.05. The number of hydrogen-bond donors (Lipinski definition) is 1. The molecule has 10 nitrogen and oxygen atoms in total. The number of aryl methyl sites for hydroxylation is 2. The van der Waals surface area contributed by atoms with Crippen LogP contribution in [0.4, 0.5) is 5.69 Å². The third-order valence-electron chi connectivity index (χ3n) is 4.62. The highest BCUT2D eigenvalue weighted by molar-refractivity contribution is 5.61. The van der Waals surface area contributed by atoms with Gasteiger partial charge in [-0.15, -0.1) is 5.10 Å². The van der Waals surface area contributed by atoms with E-state index in [9.17, 15) is 0 Å². The summed E-state index contributed by atoms with van der Waals surface area (Å²) in [5.41, 5.74) is 3.62. The number of rotatable bonds is 7. The maximum absolute atomic E-state index is 5.38. The molecule has 0 saturated carbocycles. The van der Waals surface area contributed by atoms with E-state index in [1.807, 2.05) is 44.2 Å². The van der Waals surface area contributed by atoms with Crippen molar-refractivity contribution in [2.45, 2.75) is 20.4 Å². The smallest absolute Gasteiger partial charge is 0.246 e. The zero-order chi connectivity index (χ0) is 21.1. The fourth-order valence-corrected chi connectivity index (χ4v) is 3.00. The highest BCUT2D eigenvalue weighted by Gasteiger charge is 2.13. The van der Waals surface area contributed by atoms with Gasteiger partial charge in [-0.1, -0.05) is 11.2 Å². The molecule has 30 heavy (non-hydrogen) atoms. The van der Waals surface area contributed by atoms with Gasteiger partial charge in [-0.05, 0) is 60.2 Å². The summed E-state index contributed by atoms with van der Waals surface area (Å²) in [6.45, 7) is 4.23. The number of methoxy groups -OCH3 is 2. The predicted molar refractivity (Wildman–Crippen MR) is 109 cm³/mol. The van der Waals surface area contributed by atoms with Gasteiger partial charge < -0.3 is 19.3 Å². The minimum Gasteiger partial charge on any atom is -0.493 e. The first kappa shape index (κ1) is 19.4. The van der Waals surface area contributed by atoms with E-state index in [2.05, 4.69) is 31.0 Å². The molecular weight excluding hydrogens is 386 g/mol. The molecule has 10 heteroatoms. The molecule has 4 rings (SSSR count). The van der Waals surface area contributed by atoms with Crippen molar-refractivity contribution in [1.29, 1.82) is 0 Å². The fourth-order valence-electron chi connectivity index (χ4n) is 3.00. The van der Waals surface area contributed by atoms with Crippen LogP contribution < -0.4 is 14.8 Å². The first-order valence-electron chi connectivity index (χ1n) is 9.24. The van der Waals surface area contributed by atoms with Gasteiger partial charge >= 0.3 is 0 Å². The molecule has 0 bridgehead atoms. The van der Waals surface area contributed by atoms with Gasteiger partial charge in [0.05, 0.1) is 26.5 Å². The van der Waals surface area contributed by atoms with Gasteiger partial charge in [-0.25, -0.2) is 0 Å². The van der Waals surface area contributed by atoms with Crippen molar-refractivity contribution in [1.82, 2.24) is 30.3 Å². The van der Waals surface area contributed by atoms with Crippen molar-refractivity contribution in [3.8, 4) is 28.6 Å². The van der Waals surface area contributed by atoms with E-state index >= 15 is 0 Å². The van der Waals surface area contributed by atoms with E-state index < -0.39 is 0 Å². The van der Waals surface area contributed by atoms with Crippen molar-refractivity contribution >= 4 is 5.69 Å². The molecule has 2 aromatic heterocycles. The molecule has 0 aliphatic heterocycles. The van der Waals surface area contributed by atoms with Crippen molar-refractivity contribution in [2.75, 3.05) is 19.5 Å². The number of nitrogens with one attached hydrogen (secondary N) is 1. The molecule has 0 aliphatic carbocycles. The molecule has 0 radical (unpaired) electrons. The normalized spacial score (nSPS) is 10.8. The second-order valence-corrected chi connectivity index (χ2v) is 6.57. The summed E-state index contributed by atoms with van der Waals surface area (Å²) >= 11 is 0. The van der Waals surface area contributed by atoms with Crippen LogP contribution in [0.3, 0.4) is 0 Å². The third kappa shape index (κ3) is 3.79. The standard InChI is InChI=1S/C20H21N7O3/c1-12-5-7-15(10-16(12)27-13(2)23-25-26-27)21-11-19-22-20(24-30-19)14-6-8-17(28-3)18(9-14)29-4/h5-10,21H,11H2,1-4H3. The summed E-state index contributed by atoms with van der Waals surface area (Å²) in [4.78, 5) is 4.46. The second-order valence-electron chi connectivity index (χ2n) is 6.57. The second kappa shape index (κ2) is 8.19. The van der Waals surface area contributed by atoms with Gasteiger partial charge in [-0.3, -0.25) is 0 Å². The Morgan fingerprint density at radius 3 is 2.60 bits per heavy atom. The van der Waals surface area contributed by atoms with Crippen LogP contribution in [0, 0.1) is 13.8 Å². The Kier molecular flexibility index (Phi) is 5.29. The summed E-state index contributed by atoms with van der Waals surface area (Å²) in [6.07, 6.45) is 0. The SMILES string of the molecule is COc1ccc(-c2noc(CNc3ccc(C)c(-n4nnnc4C)c3)n2)cc1OC. The van der Waals surface area contributed by atoms with Gasteiger partial charge in [0.1, 0.15) is 0 Å². The van der Waals surface area contributed by atoms with Gasteiger partial charge in [0.25, 0.3) is 0 Å². The monoisotopic (exact) mass is 407 g/mol. The lowest BCUT2D eigenvalue weighted by atomic mass is 10.2. The van der Waals surface area contributed by atoms with Crippen molar-refractivity contribution in [3.05, 3.63) is 53.7 Å². The molecule has 1 N–H and O–H groups in total. The van der Waals surface area contributed by atoms with Crippen molar-refractivity contribution in [2.24, 2.45) is 0 Å². The predicted octanol–water partition coefficient (Wildman–Crippen LogP) is 2.96. The first-order chi connectivity index (χ1) is 14.6. The third-order valence-corrected chi connectivity index (χ3v) is 4.62. The minimum absolute atomic E-state index is 0.372. The summed E-state index contributed by atoms with van der Waals surface area (Å²) < 4.78 is 17.7. The molecular formula is C20H21N7O3. The minimum atomic E-state index is 0.372. The van der Waals surface area contributed by atoms with E-state index in [0.717, 1.165) is 22.5 Å². The zero-order valence-corrected chi connectivity index (χ0v) is 17.1. The summed E-state index contributed by atoms with van der Waals surface area (Å²) in [7, 11) is 3.17.